The van der Waals surface area contributed by atoms with Gasteiger partial charge in [0.2, 0.25) is 11.8 Å². The predicted molar refractivity (Wildman–Crippen MR) is 116 cm³/mol. The molecule has 0 spiro atoms. The average molecular weight is 422 g/mol. The molecule has 31 heavy (non-hydrogen) atoms. The molecule has 0 radical (unpaired) electrons. The SMILES string of the molecule is Cc1ccc(NC(=O)CN(C)C(=O)CN2C(=O)N[C@](C)(c3ccc(C)cc3)C2=O)cc1. The Morgan fingerprint density at radius 2 is 1.55 bits per heavy atom. The molecule has 162 valence electrons. The minimum absolute atomic E-state index is 0.203. The molecule has 2 aromatic rings. The maximum absolute atomic E-state index is 13.0. The van der Waals surface area contributed by atoms with E-state index in [1.807, 2.05) is 38.1 Å². The van der Waals surface area contributed by atoms with Gasteiger partial charge in [-0.2, -0.15) is 0 Å². The first-order valence-electron chi connectivity index (χ1n) is 9.92. The molecular formula is C23H26N4O4. The number of hydrogen-bond donors (Lipinski definition) is 2. The molecule has 0 saturated carbocycles. The van der Waals surface area contributed by atoms with Gasteiger partial charge in [0, 0.05) is 12.7 Å². The van der Waals surface area contributed by atoms with Crippen LogP contribution in [0.4, 0.5) is 10.5 Å². The van der Waals surface area contributed by atoms with Crippen LogP contribution in [0.3, 0.4) is 0 Å². The van der Waals surface area contributed by atoms with Crippen molar-refractivity contribution in [2.45, 2.75) is 26.3 Å². The summed E-state index contributed by atoms with van der Waals surface area (Å²) in [6.45, 7) is 4.84. The third kappa shape index (κ3) is 4.74. The summed E-state index contributed by atoms with van der Waals surface area (Å²) in [5.74, 6) is -1.40. The molecule has 2 N–H and O–H groups in total. The van der Waals surface area contributed by atoms with Crippen molar-refractivity contribution >= 4 is 29.4 Å². The Kier molecular flexibility index (Phi) is 6.10. The molecule has 1 atom stereocenters. The average Bonchev–Trinajstić information content (AvgIpc) is 2.94. The molecule has 0 bridgehead atoms. The van der Waals surface area contributed by atoms with Gasteiger partial charge >= 0.3 is 6.03 Å². The lowest BCUT2D eigenvalue weighted by molar-refractivity contribution is -0.139. The Morgan fingerprint density at radius 3 is 2.13 bits per heavy atom. The number of aryl methyl sites for hydroxylation is 2. The lowest BCUT2D eigenvalue weighted by Gasteiger charge is -2.23. The number of benzene rings is 2. The molecule has 8 heteroatoms. The fourth-order valence-electron chi connectivity index (χ4n) is 3.32. The quantitative estimate of drug-likeness (QED) is 0.697. The highest BCUT2D eigenvalue weighted by Crippen LogP contribution is 2.29. The first kappa shape index (κ1) is 22.0. The number of urea groups is 1. The second-order valence-electron chi connectivity index (χ2n) is 7.98. The van der Waals surface area contributed by atoms with Gasteiger partial charge in [0.25, 0.3) is 5.91 Å². The topological polar surface area (TPSA) is 98.8 Å². The fourth-order valence-corrected chi connectivity index (χ4v) is 3.32. The Labute approximate surface area is 181 Å². The van der Waals surface area contributed by atoms with Crippen molar-refractivity contribution in [2.75, 3.05) is 25.5 Å². The maximum Gasteiger partial charge on any atom is 0.325 e. The summed E-state index contributed by atoms with van der Waals surface area (Å²) in [5.41, 5.74) is 2.11. The number of hydrogen-bond acceptors (Lipinski definition) is 4. The van der Waals surface area contributed by atoms with Gasteiger partial charge in [0.1, 0.15) is 12.1 Å². The van der Waals surface area contributed by atoms with Gasteiger partial charge in [-0.25, -0.2) is 4.79 Å². The van der Waals surface area contributed by atoms with Crippen molar-refractivity contribution in [3.8, 4) is 0 Å². The molecule has 1 heterocycles. The standard InChI is InChI=1S/C23H26N4O4/c1-15-5-9-17(10-6-15)23(3)21(30)27(22(31)25-23)14-20(29)26(4)13-19(28)24-18-11-7-16(2)8-12-18/h5-12H,13-14H2,1-4H3,(H,24,28)(H,25,31)/t23-/m1/s1. The van der Waals surface area contributed by atoms with Gasteiger partial charge in [0.05, 0.1) is 6.54 Å². The molecule has 1 saturated heterocycles. The second-order valence-corrected chi connectivity index (χ2v) is 7.98. The first-order valence-corrected chi connectivity index (χ1v) is 9.92. The highest BCUT2D eigenvalue weighted by Gasteiger charge is 2.49. The Bertz CT molecular complexity index is 1020. The van der Waals surface area contributed by atoms with E-state index < -0.39 is 29.9 Å². The third-order valence-electron chi connectivity index (χ3n) is 5.34. The van der Waals surface area contributed by atoms with Crippen molar-refractivity contribution in [2.24, 2.45) is 0 Å². The van der Waals surface area contributed by atoms with E-state index in [1.165, 1.54) is 11.9 Å². The van der Waals surface area contributed by atoms with Gasteiger partial charge < -0.3 is 15.5 Å². The Balaban J connectivity index is 1.61. The van der Waals surface area contributed by atoms with Crippen molar-refractivity contribution < 1.29 is 19.2 Å². The molecule has 8 nitrogen and oxygen atoms in total. The second kappa shape index (κ2) is 8.59. The van der Waals surface area contributed by atoms with Crippen molar-refractivity contribution in [3.05, 3.63) is 65.2 Å². The largest absolute Gasteiger partial charge is 0.335 e. The summed E-state index contributed by atoms with van der Waals surface area (Å²) in [6, 6.07) is 13.9. The molecule has 0 unspecified atom stereocenters. The zero-order valence-corrected chi connectivity index (χ0v) is 18.1. The molecule has 3 rings (SSSR count). The first-order chi connectivity index (χ1) is 14.6. The zero-order valence-electron chi connectivity index (χ0n) is 18.1. The van der Waals surface area contributed by atoms with Crippen LogP contribution in [0.2, 0.25) is 0 Å². The summed E-state index contributed by atoms with van der Waals surface area (Å²) in [7, 11) is 1.45. The smallest absolute Gasteiger partial charge is 0.325 e. The number of carbonyl (C=O) groups excluding carboxylic acids is 4. The van der Waals surface area contributed by atoms with E-state index in [9.17, 15) is 19.2 Å². The van der Waals surface area contributed by atoms with E-state index in [-0.39, 0.29) is 12.5 Å². The number of nitrogens with one attached hydrogen (secondary N) is 2. The van der Waals surface area contributed by atoms with Gasteiger partial charge in [-0.1, -0.05) is 47.5 Å². The Hall–Kier alpha value is -3.68. The van der Waals surface area contributed by atoms with E-state index in [0.717, 1.165) is 16.0 Å². The van der Waals surface area contributed by atoms with E-state index >= 15 is 0 Å². The highest BCUT2D eigenvalue weighted by molar-refractivity contribution is 6.09. The van der Waals surface area contributed by atoms with Gasteiger partial charge in [0.15, 0.2) is 0 Å². The third-order valence-corrected chi connectivity index (χ3v) is 5.34. The molecule has 0 aliphatic carbocycles. The van der Waals surface area contributed by atoms with E-state index in [2.05, 4.69) is 10.6 Å². The number of amides is 5. The maximum atomic E-state index is 13.0. The normalized spacial score (nSPS) is 18.0. The monoisotopic (exact) mass is 422 g/mol. The molecule has 0 aromatic heterocycles. The fraction of sp³-hybridized carbons (Fsp3) is 0.304. The molecule has 2 aromatic carbocycles. The van der Waals surface area contributed by atoms with Crippen LogP contribution in [-0.4, -0.2) is 53.7 Å². The van der Waals surface area contributed by atoms with E-state index in [4.69, 9.17) is 0 Å². The number of carbonyl (C=O) groups is 4. The van der Waals surface area contributed by atoms with Crippen LogP contribution in [-0.2, 0) is 19.9 Å². The van der Waals surface area contributed by atoms with Crippen molar-refractivity contribution in [1.82, 2.24) is 15.1 Å². The number of imide groups is 1. The van der Waals surface area contributed by atoms with Gasteiger partial charge in [-0.3, -0.25) is 19.3 Å². The number of likely N-dealkylation sites (N-methyl/N-ethyl adjacent to an activating group) is 1. The highest BCUT2D eigenvalue weighted by atomic mass is 16.2. The van der Waals surface area contributed by atoms with Crippen LogP contribution in [0.5, 0.6) is 0 Å². The molecule has 5 amide bonds. The van der Waals surface area contributed by atoms with Crippen LogP contribution in [0.25, 0.3) is 0 Å². The van der Waals surface area contributed by atoms with Crippen LogP contribution in [0.15, 0.2) is 48.5 Å². The summed E-state index contributed by atoms with van der Waals surface area (Å²) in [6.07, 6.45) is 0. The van der Waals surface area contributed by atoms with E-state index in [0.29, 0.717) is 11.3 Å². The Morgan fingerprint density at radius 1 is 1.00 bits per heavy atom. The van der Waals surface area contributed by atoms with Crippen LogP contribution in [0, 0.1) is 13.8 Å². The number of rotatable bonds is 6. The van der Waals surface area contributed by atoms with E-state index in [1.54, 1.807) is 31.2 Å². The molecule has 1 aliphatic rings. The van der Waals surface area contributed by atoms with Crippen LogP contribution >= 0.6 is 0 Å². The number of nitrogens with zero attached hydrogens (tertiary/aromatic N) is 2. The predicted octanol–water partition coefficient (Wildman–Crippen LogP) is 2.17. The lowest BCUT2D eigenvalue weighted by atomic mass is 9.91. The molecule has 1 aliphatic heterocycles. The number of anilines is 1. The van der Waals surface area contributed by atoms with Crippen molar-refractivity contribution in [1.29, 1.82) is 0 Å². The minimum Gasteiger partial charge on any atom is -0.335 e. The molecule has 1 fully saturated rings. The summed E-state index contributed by atoms with van der Waals surface area (Å²) < 4.78 is 0. The van der Waals surface area contributed by atoms with Crippen LogP contribution in [0.1, 0.15) is 23.6 Å². The van der Waals surface area contributed by atoms with Crippen LogP contribution < -0.4 is 10.6 Å². The summed E-state index contributed by atoms with van der Waals surface area (Å²) in [4.78, 5) is 52.3. The van der Waals surface area contributed by atoms with Crippen molar-refractivity contribution in [3.63, 3.8) is 0 Å². The zero-order chi connectivity index (χ0) is 22.8. The van der Waals surface area contributed by atoms with Gasteiger partial charge in [-0.05, 0) is 38.5 Å². The summed E-state index contributed by atoms with van der Waals surface area (Å²) >= 11 is 0. The summed E-state index contributed by atoms with van der Waals surface area (Å²) in [5, 5.41) is 5.39. The molecular weight excluding hydrogens is 396 g/mol. The lowest BCUT2D eigenvalue weighted by Crippen LogP contribution is -2.45. The minimum atomic E-state index is -1.24. The van der Waals surface area contributed by atoms with Gasteiger partial charge in [-0.15, -0.1) is 0 Å².